The van der Waals surface area contributed by atoms with Crippen molar-refractivity contribution < 1.29 is 0 Å². The van der Waals surface area contributed by atoms with Gasteiger partial charge < -0.3 is 5.73 Å². The van der Waals surface area contributed by atoms with Crippen LogP contribution in [0.3, 0.4) is 0 Å². The number of nitrogens with two attached hydrogens (primary N) is 1. The molecule has 0 aliphatic carbocycles. The zero-order valence-corrected chi connectivity index (χ0v) is 9.46. The summed E-state index contributed by atoms with van der Waals surface area (Å²) in [5.41, 5.74) is 8.34. The topological polar surface area (TPSA) is 26.0 Å². The van der Waals surface area contributed by atoms with Crippen LogP contribution in [0, 0.1) is 5.92 Å². The largest absolute Gasteiger partial charge is 0.330 e. The maximum Gasteiger partial charge on any atom is -0.00367 e. The Kier molecular flexibility index (Phi) is 4.15. The Bertz CT molecular complexity index is 278. The van der Waals surface area contributed by atoms with Crippen molar-refractivity contribution in [1.82, 2.24) is 0 Å². The molecule has 0 aromatic heterocycles. The Morgan fingerprint density at radius 1 is 1.21 bits per heavy atom. The van der Waals surface area contributed by atoms with Gasteiger partial charge in [0, 0.05) is 0 Å². The Morgan fingerprint density at radius 2 is 1.93 bits per heavy atom. The van der Waals surface area contributed by atoms with Gasteiger partial charge in [-0.1, -0.05) is 45.0 Å². The molecule has 14 heavy (non-hydrogen) atoms. The molecule has 0 fully saturated rings. The highest BCUT2D eigenvalue weighted by Gasteiger charge is 2.09. The zero-order valence-electron chi connectivity index (χ0n) is 9.46. The molecule has 0 spiro atoms. The maximum atomic E-state index is 5.55. The molecule has 0 amide bonds. The van der Waals surface area contributed by atoms with Gasteiger partial charge in [-0.2, -0.15) is 0 Å². The monoisotopic (exact) mass is 191 g/mol. The van der Waals surface area contributed by atoms with E-state index in [0.29, 0.717) is 11.8 Å². The molecular weight excluding hydrogens is 170 g/mol. The minimum atomic E-state index is 0.632. The molecule has 0 radical (unpaired) electrons. The van der Waals surface area contributed by atoms with Crippen LogP contribution in [0.4, 0.5) is 0 Å². The molecule has 0 aliphatic heterocycles. The molecule has 0 aliphatic rings. The van der Waals surface area contributed by atoms with Gasteiger partial charge in [-0.25, -0.2) is 0 Å². The van der Waals surface area contributed by atoms with Crippen LogP contribution in [0.5, 0.6) is 0 Å². The Morgan fingerprint density at radius 3 is 2.50 bits per heavy atom. The van der Waals surface area contributed by atoms with Crippen LogP contribution in [0.1, 0.15) is 37.8 Å². The van der Waals surface area contributed by atoms with Crippen molar-refractivity contribution in [3.63, 3.8) is 0 Å². The van der Waals surface area contributed by atoms with E-state index in [1.54, 1.807) is 0 Å². The average molecular weight is 191 g/mol. The SMILES string of the molecule is CC(C)C(C)c1cccc(CCN)c1. The van der Waals surface area contributed by atoms with Gasteiger partial charge in [-0.3, -0.25) is 0 Å². The predicted octanol–water partition coefficient (Wildman–Crippen LogP) is 2.95. The second-order valence-electron chi connectivity index (χ2n) is 4.32. The molecule has 2 N–H and O–H groups in total. The fourth-order valence-electron chi connectivity index (χ4n) is 1.58. The van der Waals surface area contributed by atoms with E-state index in [-0.39, 0.29) is 0 Å². The summed E-state index contributed by atoms with van der Waals surface area (Å²) in [7, 11) is 0. The molecular formula is C13H21N. The summed E-state index contributed by atoms with van der Waals surface area (Å²) < 4.78 is 0. The van der Waals surface area contributed by atoms with Crippen LogP contribution in [0.25, 0.3) is 0 Å². The Balaban J connectivity index is 2.82. The molecule has 1 rings (SSSR count). The molecule has 0 heterocycles. The van der Waals surface area contributed by atoms with Crippen molar-refractivity contribution in [1.29, 1.82) is 0 Å². The van der Waals surface area contributed by atoms with E-state index in [4.69, 9.17) is 5.73 Å². The third-order valence-electron chi connectivity index (χ3n) is 2.91. The Labute approximate surface area is 87.3 Å². The molecule has 1 aromatic carbocycles. The summed E-state index contributed by atoms with van der Waals surface area (Å²) in [5.74, 6) is 1.33. The van der Waals surface area contributed by atoms with Gasteiger partial charge in [0.1, 0.15) is 0 Å². The maximum absolute atomic E-state index is 5.55. The van der Waals surface area contributed by atoms with Crippen molar-refractivity contribution in [2.45, 2.75) is 33.1 Å². The van der Waals surface area contributed by atoms with E-state index in [0.717, 1.165) is 13.0 Å². The van der Waals surface area contributed by atoms with E-state index in [1.807, 2.05) is 0 Å². The van der Waals surface area contributed by atoms with Crippen LogP contribution < -0.4 is 5.73 Å². The van der Waals surface area contributed by atoms with Crippen LogP contribution >= 0.6 is 0 Å². The first-order chi connectivity index (χ1) is 6.65. The van der Waals surface area contributed by atoms with Gasteiger partial charge in [0.2, 0.25) is 0 Å². The van der Waals surface area contributed by atoms with E-state index in [1.165, 1.54) is 11.1 Å². The average Bonchev–Trinajstić information content (AvgIpc) is 2.17. The lowest BCUT2D eigenvalue weighted by Gasteiger charge is -2.16. The first kappa shape index (κ1) is 11.3. The van der Waals surface area contributed by atoms with Crippen molar-refractivity contribution >= 4 is 0 Å². The standard InChI is InChI=1S/C13H21N/c1-10(2)11(3)13-6-4-5-12(9-13)7-8-14/h4-6,9-11H,7-8,14H2,1-3H3. The quantitative estimate of drug-likeness (QED) is 0.778. The highest BCUT2D eigenvalue weighted by molar-refractivity contribution is 5.26. The number of hydrogen-bond donors (Lipinski definition) is 1. The van der Waals surface area contributed by atoms with Crippen LogP contribution in [0.2, 0.25) is 0 Å². The summed E-state index contributed by atoms with van der Waals surface area (Å²) in [6, 6.07) is 8.80. The summed E-state index contributed by atoms with van der Waals surface area (Å²) in [6.45, 7) is 7.55. The van der Waals surface area contributed by atoms with Gasteiger partial charge >= 0.3 is 0 Å². The molecule has 1 heteroatoms. The van der Waals surface area contributed by atoms with Crippen molar-refractivity contribution in [2.75, 3.05) is 6.54 Å². The third kappa shape index (κ3) is 2.85. The molecule has 78 valence electrons. The predicted molar refractivity (Wildman–Crippen MR) is 62.5 cm³/mol. The summed E-state index contributed by atoms with van der Waals surface area (Å²) >= 11 is 0. The summed E-state index contributed by atoms with van der Waals surface area (Å²) in [5, 5.41) is 0. The fraction of sp³-hybridized carbons (Fsp3) is 0.538. The van der Waals surface area contributed by atoms with Gasteiger partial charge in [0.25, 0.3) is 0 Å². The lowest BCUT2D eigenvalue weighted by Crippen LogP contribution is -2.05. The summed E-state index contributed by atoms with van der Waals surface area (Å²) in [4.78, 5) is 0. The van der Waals surface area contributed by atoms with Crippen molar-refractivity contribution in [3.05, 3.63) is 35.4 Å². The third-order valence-corrected chi connectivity index (χ3v) is 2.91. The number of rotatable bonds is 4. The van der Waals surface area contributed by atoms with E-state index >= 15 is 0 Å². The van der Waals surface area contributed by atoms with Crippen LogP contribution in [-0.4, -0.2) is 6.54 Å². The Hall–Kier alpha value is -0.820. The second-order valence-corrected chi connectivity index (χ2v) is 4.32. The minimum Gasteiger partial charge on any atom is -0.330 e. The smallest absolute Gasteiger partial charge is 0.00367 e. The number of benzene rings is 1. The van der Waals surface area contributed by atoms with Gasteiger partial charge in [-0.05, 0) is 35.9 Å². The lowest BCUT2D eigenvalue weighted by atomic mass is 9.89. The summed E-state index contributed by atoms with van der Waals surface area (Å²) in [6.07, 6.45) is 0.985. The molecule has 1 unspecified atom stereocenters. The fourth-order valence-corrected chi connectivity index (χ4v) is 1.58. The normalized spacial score (nSPS) is 13.2. The van der Waals surface area contributed by atoms with Crippen LogP contribution in [-0.2, 0) is 6.42 Å². The number of hydrogen-bond acceptors (Lipinski definition) is 1. The van der Waals surface area contributed by atoms with Crippen molar-refractivity contribution in [3.8, 4) is 0 Å². The molecule has 0 saturated heterocycles. The van der Waals surface area contributed by atoms with Gasteiger partial charge in [-0.15, -0.1) is 0 Å². The van der Waals surface area contributed by atoms with Gasteiger partial charge in [0.05, 0.1) is 0 Å². The highest BCUT2D eigenvalue weighted by atomic mass is 14.5. The molecule has 1 nitrogen and oxygen atoms in total. The first-order valence-electron chi connectivity index (χ1n) is 5.44. The second kappa shape index (κ2) is 5.16. The lowest BCUT2D eigenvalue weighted by molar-refractivity contribution is 0.534. The molecule has 0 saturated carbocycles. The highest BCUT2D eigenvalue weighted by Crippen LogP contribution is 2.24. The molecule has 1 atom stereocenters. The zero-order chi connectivity index (χ0) is 10.6. The van der Waals surface area contributed by atoms with Gasteiger partial charge in [0.15, 0.2) is 0 Å². The van der Waals surface area contributed by atoms with E-state index in [9.17, 15) is 0 Å². The van der Waals surface area contributed by atoms with Crippen LogP contribution in [0.15, 0.2) is 24.3 Å². The van der Waals surface area contributed by atoms with Crippen molar-refractivity contribution in [2.24, 2.45) is 11.7 Å². The minimum absolute atomic E-state index is 0.632. The first-order valence-corrected chi connectivity index (χ1v) is 5.44. The molecule has 0 bridgehead atoms. The molecule has 1 aromatic rings. The van der Waals surface area contributed by atoms with E-state index < -0.39 is 0 Å². The van der Waals surface area contributed by atoms with E-state index in [2.05, 4.69) is 45.0 Å².